The smallest absolute Gasteiger partial charge is 0.388 e. The van der Waals surface area contributed by atoms with Gasteiger partial charge in [0.25, 0.3) is 0 Å². The van der Waals surface area contributed by atoms with Crippen LogP contribution in [0.1, 0.15) is 40.5 Å². The van der Waals surface area contributed by atoms with Gasteiger partial charge in [-0.05, 0) is 48.9 Å². The lowest BCUT2D eigenvalue weighted by molar-refractivity contribution is -0.132. The van der Waals surface area contributed by atoms with Crippen LogP contribution < -0.4 is 5.76 Å². The molecular formula is C20H28FN3O3. The fourth-order valence-electron chi connectivity index (χ4n) is 2.53. The van der Waals surface area contributed by atoms with Crippen LogP contribution in [-0.4, -0.2) is 33.7 Å². The summed E-state index contributed by atoms with van der Waals surface area (Å²) in [6.07, 6.45) is 1.80. The summed E-state index contributed by atoms with van der Waals surface area (Å²) in [5.41, 5.74) is 0.483. The zero-order valence-corrected chi connectivity index (χ0v) is 16.4. The van der Waals surface area contributed by atoms with Crippen LogP contribution in [0.2, 0.25) is 0 Å². The molecule has 148 valence electrons. The molecule has 1 aromatic carbocycles. The van der Waals surface area contributed by atoms with E-state index in [1.165, 1.54) is 24.3 Å². The number of aromatic nitrogens is 2. The lowest BCUT2D eigenvalue weighted by Gasteiger charge is -2.24. The van der Waals surface area contributed by atoms with Crippen LogP contribution in [0.25, 0.3) is 11.5 Å². The fraction of sp³-hybridized carbons (Fsp3) is 0.550. The first-order valence-electron chi connectivity index (χ1n) is 9.38. The van der Waals surface area contributed by atoms with Gasteiger partial charge in [0.1, 0.15) is 12.4 Å². The number of hydrogen-bond donors (Lipinski definition) is 0. The van der Waals surface area contributed by atoms with Gasteiger partial charge in [-0.15, -0.1) is 5.10 Å². The lowest BCUT2D eigenvalue weighted by Crippen LogP contribution is -2.38. The summed E-state index contributed by atoms with van der Waals surface area (Å²) >= 11 is 0. The Balaban J connectivity index is 2.11. The van der Waals surface area contributed by atoms with E-state index >= 15 is 0 Å². The van der Waals surface area contributed by atoms with Crippen molar-refractivity contribution in [1.82, 2.24) is 14.7 Å². The molecular weight excluding hydrogens is 349 g/mol. The van der Waals surface area contributed by atoms with E-state index in [4.69, 9.17) is 4.42 Å². The maximum Gasteiger partial charge on any atom is 0.437 e. The first-order chi connectivity index (χ1) is 12.8. The van der Waals surface area contributed by atoms with Crippen molar-refractivity contribution < 1.29 is 13.6 Å². The number of hydrogen-bond acceptors (Lipinski definition) is 4. The molecule has 0 aliphatic heterocycles. The monoisotopic (exact) mass is 377 g/mol. The minimum atomic E-state index is -0.699. The fourth-order valence-corrected chi connectivity index (χ4v) is 2.53. The molecule has 0 aliphatic rings. The molecule has 0 radical (unpaired) electrons. The summed E-state index contributed by atoms with van der Waals surface area (Å²) in [5.74, 6) is -0.198. The zero-order valence-electron chi connectivity index (χ0n) is 16.4. The van der Waals surface area contributed by atoms with Gasteiger partial charge >= 0.3 is 5.76 Å². The van der Waals surface area contributed by atoms with Crippen LogP contribution in [0.3, 0.4) is 0 Å². The van der Waals surface area contributed by atoms with E-state index in [-0.39, 0.29) is 24.2 Å². The second kappa shape index (κ2) is 9.48. The SMILES string of the molecule is CC(C)CCN(CCC(C)C)C(=O)Cn1nc(-c2ccc(F)cc2)oc1=O. The maximum atomic E-state index is 13.0. The Morgan fingerprint density at radius 3 is 2.19 bits per heavy atom. The summed E-state index contributed by atoms with van der Waals surface area (Å²) in [4.78, 5) is 26.6. The van der Waals surface area contributed by atoms with Crippen molar-refractivity contribution in [3.05, 3.63) is 40.6 Å². The van der Waals surface area contributed by atoms with Crippen LogP contribution in [0.5, 0.6) is 0 Å². The Bertz CT molecular complexity index is 782. The maximum absolute atomic E-state index is 13.0. The molecule has 0 spiro atoms. The first kappa shape index (κ1) is 20.9. The molecule has 0 bridgehead atoms. The van der Waals surface area contributed by atoms with Gasteiger partial charge in [0.2, 0.25) is 11.8 Å². The normalized spacial score (nSPS) is 11.4. The van der Waals surface area contributed by atoms with E-state index in [1.807, 2.05) is 0 Å². The van der Waals surface area contributed by atoms with E-state index in [0.717, 1.165) is 17.5 Å². The highest BCUT2D eigenvalue weighted by Gasteiger charge is 2.18. The van der Waals surface area contributed by atoms with E-state index in [9.17, 15) is 14.0 Å². The first-order valence-corrected chi connectivity index (χ1v) is 9.38. The average molecular weight is 377 g/mol. The largest absolute Gasteiger partial charge is 0.437 e. The number of halogens is 1. The standard InChI is InChI=1S/C20H28FN3O3/c1-14(2)9-11-23(12-10-15(3)4)18(25)13-24-20(26)27-19(22-24)16-5-7-17(21)8-6-16/h5-8,14-15H,9-13H2,1-4H3. The summed E-state index contributed by atoms with van der Waals surface area (Å²) < 4.78 is 19.2. The molecule has 0 saturated carbocycles. The third kappa shape index (κ3) is 6.34. The molecule has 0 saturated heterocycles. The summed E-state index contributed by atoms with van der Waals surface area (Å²) in [5, 5.41) is 4.09. The molecule has 7 heteroatoms. The summed E-state index contributed by atoms with van der Waals surface area (Å²) in [6.45, 7) is 9.59. The van der Waals surface area contributed by atoms with Crippen molar-refractivity contribution in [2.75, 3.05) is 13.1 Å². The van der Waals surface area contributed by atoms with E-state index in [0.29, 0.717) is 30.5 Å². The van der Waals surface area contributed by atoms with Gasteiger partial charge < -0.3 is 9.32 Å². The number of carbonyl (C=O) groups is 1. The summed E-state index contributed by atoms with van der Waals surface area (Å²) in [7, 11) is 0. The number of benzene rings is 1. The van der Waals surface area contributed by atoms with Gasteiger partial charge in [0.05, 0.1) is 0 Å². The minimum Gasteiger partial charge on any atom is -0.388 e. The Hall–Kier alpha value is -2.44. The molecule has 2 rings (SSSR count). The molecule has 1 aromatic heterocycles. The zero-order chi connectivity index (χ0) is 20.0. The number of nitrogens with zero attached hydrogens (tertiary/aromatic N) is 3. The van der Waals surface area contributed by atoms with Gasteiger partial charge in [0.15, 0.2) is 0 Å². The molecule has 0 aliphatic carbocycles. The van der Waals surface area contributed by atoms with Gasteiger partial charge in [-0.3, -0.25) is 4.79 Å². The van der Waals surface area contributed by atoms with E-state index in [2.05, 4.69) is 32.8 Å². The Morgan fingerprint density at radius 1 is 1.11 bits per heavy atom. The van der Waals surface area contributed by atoms with Gasteiger partial charge in [-0.25, -0.2) is 9.18 Å². The lowest BCUT2D eigenvalue weighted by atomic mass is 10.1. The highest BCUT2D eigenvalue weighted by Crippen LogP contribution is 2.15. The number of carbonyl (C=O) groups excluding carboxylic acids is 1. The second-order valence-corrected chi connectivity index (χ2v) is 7.58. The third-order valence-corrected chi connectivity index (χ3v) is 4.29. The summed E-state index contributed by atoms with van der Waals surface area (Å²) in [6, 6.07) is 5.48. The molecule has 6 nitrogen and oxygen atoms in total. The Labute approximate surface area is 159 Å². The quantitative estimate of drug-likeness (QED) is 0.670. The van der Waals surface area contributed by atoms with Crippen LogP contribution in [0.15, 0.2) is 33.5 Å². The topological polar surface area (TPSA) is 68.3 Å². The molecule has 0 atom stereocenters. The van der Waals surface area contributed by atoms with Gasteiger partial charge in [0, 0.05) is 18.7 Å². The number of amides is 1. The minimum absolute atomic E-state index is 0.0729. The van der Waals surface area contributed by atoms with Crippen molar-refractivity contribution in [2.24, 2.45) is 11.8 Å². The molecule has 27 heavy (non-hydrogen) atoms. The van der Waals surface area contributed by atoms with Crippen LogP contribution in [-0.2, 0) is 11.3 Å². The molecule has 0 fully saturated rings. The second-order valence-electron chi connectivity index (χ2n) is 7.58. The van der Waals surface area contributed by atoms with Crippen molar-refractivity contribution in [2.45, 2.75) is 47.1 Å². The highest BCUT2D eigenvalue weighted by molar-refractivity contribution is 5.75. The van der Waals surface area contributed by atoms with E-state index < -0.39 is 5.76 Å². The van der Waals surface area contributed by atoms with E-state index in [1.54, 1.807) is 4.90 Å². The Morgan fingerprint density at radius 2 is 1.67 bits per heavy atom. The predicted molar refractivity (Wildman–Crippen MR) is 102 cm³/mol. The van der Waals surface area contributed by atoms with Crippen molar-refractivity contribution >= 4 is 5.91 Å². The van der Waals surface area contributed by atoms with Crippen LogP contribution in [0, 0.1) is 17.7 Å². The van der Waals surface area contributed by atoms with Crippen LogP contribution in [0.4, 0.5) is 4.39 Å². The molecule has 1 heterocycles. The van der Waals surface area contributed by atoms with Gasteiger partial charge in [-0.1, -0.05) is 27.7 Å². The van der Waals surface area contributed by atoms with Crippen molar-refractivity contribution in [3.63, 3.8) is 0 Å². The number of rotatable bonds is 9. The molecule has 0 unspecified atom stereocenters. The highest BCUT2D eigenvalue weighted by atomic mass is 19.1. The molecule has 2 aromatic rings. The predicted octanol–water partition coefficient (Wildman–Crippen LogP) is 3.56. The molecule has 0 N–H and O–H groups in total. The Kier molecular flexibility index (Phi) is 7.33. The van der Waals surface area contributed by atoms with Crippen molar-refractivity contribution in [3.8, 4) is 11.5 Å². The van der Waals surface area contributed by atoms with Crippen LogP contribution >= 0.6 is 0 Å². The third-order valence-electron chi connectivity index (χ3n) is 4.29. The average Bonchev–Trinajstić information content (AvgIpc) is 2.95. The molecule has 1 amide bonds. The van der Waals surface area contributed by atoms with Gasteiger partial charge in [-0.2, -0.15) is 4.68 Å². The van der Waals surface area contributed by atoms with Crippen molar-refractivity contribution in [1.29, 1.82) is 0 Å².